The first-order valence-electron chi connectivity index (χ1n) is 3.65. The van der Waals surface area contributed by atoms with Crippen LogP contribution in [0.15, 0.2) is 24.3 Å². The van der Waals surface area contributed by atoms with Gasteiger partial charge in [-0.3, -0.25) is 9.63 Å². The van der Waals surface area contributed by atoms with E-state index in [1.165, 1.54) is 6.92 Å². The first kappa shape index (κ1) is 8.90. The van der Waals surface area contributed by atoms with Crippen molar-refractivity contribution in [3.05, 3.63) is 35.4 Å². The van der Waals surface area contributed by atoms with Crippen LogP contribution in [0.3, 0.4) is 0 Å². The van der Waals surface area contributed by atoms with Crippen LogP contribution >= 0.6 is 0 Å². The molecule has 12 heavy (non-hydrogen) atoms. The molecule has 0 atom stereocenters. The lowest BCUT2D eigenvalue weighted by atomic mass is 10.1. The second-order valence-electron chi connectivity index (χ2n) is 2.57. The van der Waals surface area contributed by atoms with E-state index in [9.17, 15) is 4.79 Å². The topological polar surface area (TPSA) is 52.3 Å². The summed E-state index contributed by atoms with van der Waals surface area (Å²) in [5.74, 6) is 4.95. The molecule has 0 amide bonds. The second-order valence-corrected chi connectivity index (χ2v) is 2.57. The number of hydrogen-bond donors (Lipinski definition) is 1. The van der Waals surface area contributed by atoms with Gasteiger partial charge in [0.2, 0.25) is 0 Å². The quantitative estimate of drug-likeness (QED) is 0.542. The smallest absolute Gasteiger partial charge is 0.159 e. The van der Waals surface area contributed by atoms with Crippen molar-refractivity contribution >= 4 is 5.78 Å². The van der Waals surface area contributed by atoms with Gasteiger partial charge in [-0.25, -0.2) is 5.90 Å². The SMILES string of the molecule is CC(=O)c1cccc(CON)c1. The Balaban J connectivity index is 2.88. The molecule has 0 saturated carbocycles. The summed E-state index contributed by atoms with van der Waals surface area (Å²) < 4.78 is 0. The van der Waals surface area contributed by atoms with E-state index >= 15 is 0 Å². The Morgan fingerprint density at radius 1 is 1.58 bits per heavy atom. The molecule has 0 aliphatic rings. The first-order valence-corrected chi connectivity index (χ1v) is 3.65. The van der Waals surface area contributed by atoms with Crippen molar-refractivity contribution in [1.82, 2.24) is 0 Å². The molecule has 0 unspecified atom stereocenters. The van der Waals surface area contributed by atoms with Gasteiger partial charge in [-0.15, -0.1) is 0 Å². The highest BCUT2D eigenvalue weighted by Crippen LogP contribution is 2.06. The van der Waals surface area contributed by atoms with E-state index in [-0.39, 0.29) is 5.78 Å². The number of nitrogens with two attached hydrogens (primary N) is 1. The van der Waals surface area contributed by atoms with Crippen LogP contribution in [0.1, 0.15) is 22.8 Å². The zero-order chi connectivity index (χ0) is 8.97. The lowest BCUT2D eigenvalue weighted by molar-refractivity contribution is 0.101. The Kier molecular flexibility index (Phi) is 2.96. The standard InChI is InChI=1S/C9H11NO2/c1-7(11)9-4-2-3-8(5-9)6-12-10/h2-5H,6,10H2,1H3. The second kappa shape index (κ2) is 3.99. The summed E-state index contributed by atoms with van der Waals surface area (Å²) in [4.78, 5) is 15.4. The molecule has 0 heterocycles. The fourth-order valence-corrected chi connectivity index (χ4v) is 0.976. The number of hydrogen-bond acceptors (Lipinski definition) is 3. The molecule has 1 aromatic carbocycles. The predicted octanol–water partition coefficient (Wildman–Crippen LogP) is 1.28. The van der Waals surface area contributed by atoms with Gasteiger partial charge in [0.25, 0.3) is 0 Å². The van der Waals surface area contributed by atoms with Gasteiger partial charge in [0.05, 0.1) is 6.61 Å². The molecule has 0 aliphatic heterocycles. The van der Waals surface area contributed by atoms with E-state index in [2.05, 4.69) is 4.84 Å². The van der Waals surface area contributed by atoms with Crippen LogP contribution in [0, 0.1) is 0 Å². The normalized spacial score (nSPS) is 9.83. The molecular weight excluding hydrogens is 154 g/mol. The van der Waals surface area contributed by atoms with Crippen LogP contribution in [-0.4, -0.2) is 5.78 Å². The Labute approximate surface area is 71.1 Å². The third kappa shape index (κ3) is 2.15. The molecule has 0 fully saturated rings. The van der Waals surface area contributed by atoms with Gasteiger partial charge in [-0.05, 0) is 18.6 Å². The van der Waals surface area contributed by atoms with Crippen molar-refractivity contribution in [1.29, 1.82) is 0 Å². The van der Waals surface area contributed by atoms with Gasteiger partial charge in [-0.1, -0.05) is 18.2 Å². The first-order chi connectivity index (χ1) is 5.74. The summed E-state index contributed by atoms with van der Waals surface area (Å²) in [6.45, 7) is 1.86. The number of Topliss-reactive ketones (excluding diaryl/α,β-unsaturated/α-hetero) is 1. The fourth-order valence-electron chi connectivity index (χ4n) is 0.976. The maximum atomic E-state index is 10.9. The van der Waals surface area contributed by atoms with Gasteiger partial charge < -0.3 is 0 Å². The third-order valence-electron chi connectivity index (χ3n) is 1.58. The van der Waals surface area contributed by atoms with E-state index in [1.807, 2.05) is 12.1 Å². The minimum absolute atomic E-state index is 0.0499. The fraction of sp³-hybridized carbons (Fsp3) is 0.222. The van der Waals surface area contributed by atoms with E-state index in [0.29, 0.717) is 12.2 Å². The minimum Gasteiger partial charge on any atom is -0.300 e. The maximum Gasteiger partial charge on any atom is 0.159 e. The van der Waals surface area contributed by atoms with Gasteiger partial charge in [0.15, 0.2) is 5.78 Å². The van der Waals surface area contributed by atoms with Crippen LogP contribution in [0.5, 0.6) is 0 Å². The monoisotopic (exact) mass is 165 g/mol. The Hall–Kier alpha value is -1.19. The molecule has 1 rings (SSSR count). The van der Waals surface area contributed by atoms with Crippen molar-refractivity contribution in [2.24, 2.45) is 5.90 Å². The van der Waals surface area contributed by atoms with Gasteiger partial charge in [0, 0.05) is 5.56 Å². The van der Waals surface area contributed by atoms with E-state index in [4.69, 9.17) is 5.90 Å². The van der Waals surface area contributed by atoms with Gasteiger partial charge in [0.1, 0.15) is 0 Å². The zero-order valence-electron chi connectivity index (χ0n) is 6.91. The highest BCUT2D eigenvalue weighted by molar-refractivity contribution is 5.94. The van der Waals surface area contributed by atoms with E-state index in [1.54, 1.807) is 12.1 Å². The van der Waals surface area contributed by atoms with E-state index < -0.39 is 0 Å². The third-order valence-corrected chi connectivity index (χ3v) is 1.58. The summed E-state index contributed by atoms with van der Waals surface area (Å²) in [6, 6.07) is 7.21. The summed E-state index contributed by atoms with van der Waals surface area (Å²) in [5.41, 5.74) is 1.59. The average Bonchev–Trinajstić information content (AvgIpc) is 2.05. The molecule has 0 aromatic heterocycles. The lowest BCUT2D eigenvalue weighted by Gasteiger charge is -2.00. The average molecular weight is 165 g/mol. The van der Waals surface area contributed by atoms with Crippen LogP contribution < -0.4 is 5.90 Å². The molecule has 3 nitrogen and oxygen atoms in total. The van der Waals surface area contributed by atoms with Crippen LogP contribution in [0.4, 0.5) is 0 Å². The molecule has 2 N–H and O–H groups in total. The van der Waals surface area contributed by atoms with Crippen molar-refractivity contribution < 1.29 is 9.63 Å². The maximum absolute atomic E-state index is 10.9. The largest absolute Gasteiger partial charge is 0.300 e. The van der Waals surface area contributed by atoms with Crippen LogP contribution in [-0.2, 0) is 11.4 Å². The molecule has 0 spiro atoms. The minimum atomic E-state index is 0.0499. The molecule has 0 saturated heterocycles. The Morgan fingerprint density at radius 3 is 2.92 bits per heavy atom. The van der Waals surface area contributed by atoms with Crippen LogP contribution in [0.2, 0.25) is 0 Å². The summed E-state index contributed by atoms with van der Waals surface area (Å²) in [6.07, 6.45) is 0. The highest BCUT2D eigenvalue weighted by atomic mass is 16.6. The molecule has 0 aliphatic carbocycles. The van der Waals surface area contributed by atoms with E-state index in [0.717, 1.165) is 5.56 Å². The summed E-state index contributed by atoms with van der Waals surface area (Å²) in [5, 5.41) is 0. The van der Waals surface area contributed by atoms with Crippen LogP contribution in [0.25, 0.3) is 0 Å². The summed E-state index contributed by atoms with van der Waals surface area (Å²) >= 11 is 0. The Morgan fingerprint density at radius 2 is 2.33 bits per heavy atom. The number of carbonyl (C=O) groups is 1. The number of rotatable bonds is 3. The molecule has 0 bridgehead atoms. The molecule has 0 radical (unpaired) electrons. The number of ketones is 1. The number of benzene rings is 1. The molecule has 64 valence electrons. The number of carbonyl (C=O) groups excluding carboxylic acids is 1. The van der Waals surface area contributed by atoms with Crippen molar-refractivity contribution in [3.8, 4) is 0 Å². The molecular formula is C9H11NO2. The van der Waals surface area contributed by atoms with Crippen molar-refractivity contribution in [2.75, 3.05) is 0 Å². The van der Waals surface area contributed by atoms with Gasteiger partial charge in [-0.2, -0.15) is 0 Å². The van der Waals surface area contributed by atoms with Crippen molar-refractivity contribution in [3.63, 3.8) is 0 Å². The molecule has 3 heteroatoms. The predicted molar refractivity (Wildman–Crippen MR) is 45.4 cm³/mol. The van der Waals surface area contributed by atoms with Gasteiger partial charge >= 0.3 is 0 Å². The highest BCUT2D eigenvalue weighted by Gasteiger charge is 1.99. The molecule has 1 aromatic rings. The Bertz CT molecular complexity index is 284. The van der Waals surface area contributed by atoms with Crippen molar-refractivity contribution in [2.45, 2.75) is 13.5 Å². The zero-order valence-corrected chi connectivity index (χ0v) is 6.91. The summed E-state index contributed by atoms with van der Waals surface area (Å²) in [7, 11) is 0. The lowest BCUT2D eigenvalue weighted by Crippen LogP contribution is -2.00.